The van der Waals surface area contributed by atoms with Crippen LogP contribution in [0.2, 0.25) is 0 Å². The Balaban J connectivity index is 1.32. The first-order chi connectivity index (χ1) is 15.3. The number of hydrogen-bond donors (Lipinski definition) is 0. The molecule has 0 amide bonds. The number of carbonyl (C=O) groups excluding carboxylic acids is 1. The van der Waals surface area contributed by atoms with Gasteiger partial charge in [0.2, 0.25) is 0 Å². The third-order valence-corrected chi connectivity index (χ3v) is 5.12. The summed E-state index contributed by atoms with van der Waals surface area (Å²) in [5.74, 6) is 1.01. The van der Waals surface area contributed by atoms with E-state index >= 15 is 0 Å². The van der Waals surface area contributed by atoms with E-state index in [1.165, 1.54) is 0 Å². The zero-order valence-corrected chi connectivity index (χ0v) is 17.3. The summed E-state index contributed by atoms with van der Waals surface area (Å²) in [5.41, 5.74) is 5.38. The van der Waals surface area contributed by atoms with Crippen LogP contribution >= 0.6 is 0 Å². The van der Waals surface area contributed by atoms with Crippen molar-refractivity contribution in [2.75, 3.05) is 0 Å². The average molecular weight is 409 g/mol. The van der Waals surface area contributed by atoms with Gasteiger partial charge < -0.3 is 4.74 Å². The summed E-state index contributed by atoms with van der Waals surface area (Å²) in [6.07, 6.45) is 8.87. The second kappa shape index (κ2) is 10.3. The molecule has 4 rings (SSSR count). The normalized spacial score (nSPS) is 10.6. The molecule has 2 heterocycles. The van der Waals surface area contributed by atoms with Gasteiger partial charge in [0.25, 0.3) is 0 Å². The first-order valence-electron chi connectivity index (χ1n) is 10.4. The summed E-state index contributed by atoms with van der Waals surface area (Å²) >= 11 is 0. The van der Waals surface area contributed by atoms with Crippen LogP contribution in [0.1, 0.15) is 23.1 Å². The van der Waals surface area contributed by atoms with E-state index in [-0.39, 0.29) is 5.78 Å². The van der Waals surface area contributed by atoms with Gasteiger partial charge in [-0.1, -0.05) is 48.5 Å². The lowest BCUT2D eigenvalue weighted by Crippen LogP contribution is -2.04. The van der Waals surface area contributed by atoms with Gasteiger partial charge in [0.1, 0.15) is 18.1 Å². The molecule has 0 spiro atoms. The molecular weight excluding hydrogens is 384 g/mol. The van der Waals surface area contributed by atoms with Crippen molar-refractivity contribution in [1.29, 1.82) is 0 Å². The molecule has 0 unspecified atom stereocenters. The minimum Gasteiger partial charge on any atom is -0.489 e. The molecule has 0 aliphatic heterocycles. The highest BCUT2D eigenvalue weighted by Crippen LogP contribution is 2.24. The Bertz CT molecular complexity index is 1110. The number of aryl methyl sites for hydroxylation is 1. The number of nitrogens with zero attached hydrogens (tertiary/aromatic N) is 2. The van der Waals surface area contributed by atoms with E-state index in [1.54, 1.807) is 12.4 Å². The summed E-state index contributed by atoms with van der Waals surface area (Å²) in [7, 11) is 0. The average Bonchev–Trinajstić information content (AvgIpc) is 2.84. The van der Waals surface area contributed by atoms with Gasteiger partial charge in [0.15, 0.2) is 0 Å². The van der Waals surface area contributed by atoms with Gasteiger partial charge >= 0.3 is 0 Å². The van der Waals surface area contributed by atoms with Crippen LogP contribution in [-0.2, 0) is 24.2 Å². The van der Waals surface area contributed by atoms with E-state index in [2.05, 4.69) is 22.1 Å². The van der Waals surface area contributed by atoms with Crippen molar-refractivity contribution in [1.82, 2.24) is 9.97 Å². The number of benzene rings is 2. The Kier molecular flexibility index (Phi) is 6.81. The molecular formula is C27H24N2O2. The Morgan fingerprint density at radius 1 is 0.774 bits per heavy atom. The molecule has 2 aromatic heterocycles. The third kappa shape index (κ3) is 5.86. The lowest BCUT2D eigenvalue weighted by atomic mass is 10.0. The largest absolute Gasteiger partial charge is 0.489 e. The molecule has 0 radical (unpaired) electrons. The van der Waals surface area contributed by atoms with E-state index < -0.39 is 0 Å². The highest BCUT2D eigenvalue weighted by Gasteiger charge is 2.07. The summed E-state index contributed by atoms with van der Waals surface area (Å²) in [5, 5.41) is 0. The molecule has 0 aliphatic carbocycles. The van der Waals surface area contributed by atoms with E-state index in [1.807, 2.05) is 73.1 Å². The highest BCUT2D eigenvalue weighted by molar-refractivity contribution is 5.81. The van der Waals surface area contributed by atoms with Crippen molar-refractivity contribution in [3.8, 4) is 16.9 Å². The van der Waals surface area contributed by atoms with Crippen LogP contribution in [0.4, 0.5) is 0 Å². The number of Topliss-reactive ketones (excluding diaryl/α,β-unsaturated/α-hetero) is 1. The summed E-state index contributed by atoms with van der Waals surface area (Å²) < 4.78 is 6.01. The van der Waals surface area contributed by atoms with Crippen LogP contribution in [0.3, 0.4) is 0 Å². The number of pyridine rings is 2. The van der Waals surface area contributed by atoms with E-state index in [0.717, 1.165) is 40.0 Å². The standard InChI is InChI=1S/C27H24N2O2/c30-25(12-9-22-5-3-15-28-18-22)17-21-10-13-26(14-11-21)31-20-24-6-1-2-8-27(24)23-7-4-16-29-19-23/h1-8,10-11,13-16,18-19H,9,12,17,20H2. The number of hydrogen-bond acceptors (Lipinski definition) is 4. The maximum atomic E-state index is 12.3. The van der Waals surface area contributed by atoms with Crippen molar-refractivity contribution >= 4 is 5.78 Å². The number of aromatic nitrogens is 2. The predicted octanol–water partition coefficient (Wildman–Crippen LogP) is 5.47. The van der Waals surface area contributed by atoms with Gasteiger partial charge in [-0.3, -0.25) is 14.8 Å². The van der Waals surface area contributed by atoms with Gasteiger partial charge in [0.05, 0.1) is 0 Å². The fourth-order valence-corrected chi connectivity index (χ4v) is 3.46. The molecule has 4 heteroatoms. The Labute approximate surface area is 182 Å². The van der Waals surface area contributed by atoms with Crippen LogP contribution in [0, 0.1) is 0 Å². The predicted molar refractivity (Wildman–Crippen MR) is 122 cm³/mol. The minimum absolute atomic E-state index is 0.225. The fourth-order valence-electron chi connectivity index (χ4n) is 3.46. The molecule has 0 N–H and O–H groups in total. The van der Waals surface area contributed by atoms with Crippen molar-refractivity contribution in [2.24, 2.45) is 0 Å². The molecule has 0 aliphatic rings. The molecule has 31 heavy (non-hydrogen) atoms. The monoisotopic (exact) mass is 408 g/mol. The SMILES string of the molecule is O=C(CCc1cccnc1)Cc1ccc(OCc2ccccc2-c2cccnc2)cc1. The van der Waals surface area contributed by atoms with Crippen molar-refractivity contribution in [3.05, 3.63) is 114 Å². The van der Waals surface area contributed by atoms with Crippen molar-refractivity contribution in [3.63, 3.8) is 0 Å². The molecule has 4 nitrogen and oxygen atoms in total. The van der Waals surface area contributed by atoms with Crippen LogP contribution in [0.15, 0.2) is 97.6 Å². The molecule has 0 saturated carbocycles. The quantitative estimate of drug-likeness (QED) is 0.369. The Morgan fingerprint density at radius 3 is 2.29 bits per heavy atom. The highest BCUT2D eigenvalue weighted by atomic mass is 16.5. The van der Waals surface area contributed by atoms with Gasteiger partial charge in [0, 0.05) is 43.2 Å². The van der Waals surface area contributed by atoms with E-state index in [4.69, 9.17) is 4.74 Å². The van der Waals surface area contributed by atoms with Crippen LogP contribution in [0.5, 0.6) is 5.75 Å². The number of carbonyl (C=O) groups is 1. The van der Waals surface area contributed by atoms with Crippen molar-refractivity contribution < 1.29 is 9.53 Å². The zero-order valence-electron chi connectivity index (χ0n) is 17.3. The second-order valence-corrected chi connectivity index (χ2v) is 7.41. The lowest BCUT2D eigenvalue weighted by molar-refractivity contribution is -0.118. The summed E-state index contributed by atoms with van der Waals surface area (Å²) in [4.78, 5) is 20.6. The number of ether oxygens (including phenoxy) is 1. The van der Waals surface area contributed by atoms with Gasteiger partial charge in [-0.25, -0.2) is 0 Å². The zero-order chi connectivity index (χ0) is 21.3. The smallest absolute Gasteiger partial charge is 0.137 e. The Morgan fingerprint density at radius 2 is 1.55 bits per heavy atom. The first-order valence-corrected chi connectivity index (χ1v) is 10.4. The number of rotatable bonds is 9. The van der Waals surface area contributed by atoms with E-state index in [9.17, 15) is 4.79 Å². The van der Waals surface area contributed by atoms with Crippen LogP contribution in [-0.4, -0.2) is 15.8 Å². The van der Waals surface area contributed by atoms with Crippen molar-refractivity contribution in [2.45, 2.75) is 25.9 Å². The molecule has 0 atom stereocenters. The minimum atomic E-state index is 0.225. The first kappa shape index (κ1) is 20.5. The molecule has 154 valence electrons. The Hall–Kier alpha value is -3.79. The van der Waals surface area contributed by atoms with Gasteiger partial charge in [-0.05, 0) is 52.9 Å². The molecule has 2 aromatic carbocycles. The summed E-state index contributed by atoms with van der Waals surface area (Å²) in [6.45, 7) is 0.467. The maximum Gasteiger partial charge on any atom is 0.137 e. The molecule has 0 bridgehead atoms. The molecule has 0 fully saturated rings. The maximum absolute atomic E-state index is 12.3. The van der Waals surface area contributed by atoms with Crippen LogP contribution in [0.25, 0.3) is 11.1 Å². The second-order valence-electron chi connectivity index (χ2n) is 7.41. The topological polar surface area (TPSA) is 52.1 Å². The summed E-state index contributed by atoms with van der Waals surface area (Å²) in [6, 6.07) is 23.8. The lowest BCUT2D eigenvalue weighted by Gasteiger charge is -2.11. The molecule has 0 saturated heterocycles. The molecule has 4 aromatic rings. The van der Waals surface area contributed by atoms with E-state index in [0.29, 0.717) is 19.4 Å². The third-order valence-electron chi connectivity index (χ3n) is 5.12. The van der Waals surface area contributed by atoms with Gasteiger partial charge in [-0.15, -0.1) is 0 Å². The fraction of sp³-hybridized carbons (Fsp3) is 0.148. The number of ketones is 1. The van der Waals surface area contributed by atoms with Gasteiger partial charge in [-0.2, -0.15) is 0 Å². The van der Waals surface area contributed by atoms with Crippen LogP contribution < -0.4 is 4.74 Å².